The third kappa shape index (κ3) is 6.82. The predicted molar refractivity (Wildman–Crippen MR) is 83.9 cm³/mol. The van der Waals surface area contributed by atoms with Gasteiger partial charge in [0, 0.05) is 5.54 Å². The summed E-state index contributed by atoms with van der Waals surface area (Å²) in [5, 5.41) is 2.77. The number of hydrogen-bond acceptors (Lipinski definition) is 5. The molecule has 0 aliphatic rings. The molecule has 7 heteroatoms. The number of nitrogens with two attached hydrogens (primary N) is 1. The van der Waals surface area contributed by atoms with E-state index in [-0.39, 0.29) is 30.2 Å². The molecule has 0 heterocycles. The van der Waals surface area contributed by atoms with Crippen LogP contribution in [-0.2, 0) is 14.3 Å². The zero-order valence-corrected chi connectivity index (χ0v) is 13.5. The van der Waals surface area contributed by atoms with Crippen molar-refractivity contribution in [2.45, 2.75) is 32.7 Å². The second-order valence-electron chi connectivity index (χ2n) is 5.64. The maximum absolute atomic E-state index is 11.8. The molecule has 0 aromatic heterocycles. The first kappa shape index (κ1) is 18.5. The minimum Gasteiger partial charge on any atom is -0.484 e. The van der Waals surface area contributed by atoms with E-state index in [0.717, 1.165) is 6.42 Å². The lowest BCUT2D eigenvalue weighted by molar-refractivity contribution is -0.125. The van der Waals surface area contributed by atoms with Gasteiger partial charge in [0.2, 0.25) is 0 Å². The van der Waals surface area contributed by atoms with Gasteiger partial charge in [0.1, 0.15) is 5.75 Å². The van der Waals surface area contributed by atoms with Crippen LogP contribution >= 0.6 is 0 Å². The Morgan fingerprint density at radius 2 is 1.74 bits per heavy atom. The quantitative estimate of drug-likeness (QED) is 0.695. The normalized spacial score (nSPS) is 10.7. The minimum absolute atomic E-state index is 0.239. The molecular formula is C16H22N2O5. The third-order valence-corrected chi connectivity index (χ3v) is 3.17. The Labute approximate surface area is 135 Å². The molecular weight excluding hydrogens is 300 g/mol. The number of esters is 1. The topological polar surface area (TPSA) is 108 Å². The Balaban J connectivity index is 2.49. The zero-order valence-electron chi connectivity index (χ0n) is 13.5. The molecule has 0 saturated carbocycles. The molecule has 1 aromatic rings. The van der Waals surface area contributed by atoms with Crippen molar-refractivity contribution in [3.63, 3.8) is 0 Å². The summed E-state index contributed by atoms with van der Waals surface area (Å²) in [5.41, 5.74) is 4.90. The molecule has 0 unspecified atom stereocenters. The van der Waals surface area contributed by atoms with E-state index >= 15 is 0 Å². The fourth-order valence-electron chi connectivity index (χ4n) is 1.56. The second-order valence-corrected chi connectivity index (χ2v) is 5.64. The molecule has 0 aliphatic heterocycles. The summed E-state index contributed by atoms with van der Waals surface area (Å²) in [6.07, 6.45) is 0.763. The number of primary amides is 1. The number of hydrogen-bond donors (Lipinski definition) is 2. The van der Waals surface area contributed by atoms with Crippen molar-refractivity contribution >= 4 is 17.8 Å². The van der Waals surface area contributed by atoms with Crippen LogP contribution in [0.1, 0.15) is 37.6 Å². The highest BCUT2D eigenvalue weighted by Gasteiger charge is 2.19. The molecule has 126 valence electrons. The van der Waals surface area contributed by atoms with Crippen molar-refractivity contribution in [1.82, 2.24) is 5.32 Å². The summed E-state index contributed by atoms with van der Waals surface area (Å²) in [7, 11) is 0. The Kier molecular flexibility index (Phi) is 6.56. The van der Waals surface area contributed by atoms with Crippen LogP contribution in [0.3, 0.4) is 0 Å². The zero-order chi connectivity index (χ0) is 17.5. The van der Waals surface area contributed by atoms with Crippen molar-refractivity contribution in [3.05, 3.63) is 29.8 Å². The second kappa shape index (κ2) is 8.17. The van der Waals surface area contributed by atoms with Gasteiger partial charge in [-0.1, -0.05) is 6.92 Å². The summed E-state index contributed by atoms with van der Waals surface area (Å²) in [4.78, 5) is 34.2. The van der Waals surface area contributed by atoms with E-state index in [4.69, 9.17) is 15.2 Å². The Morgan fingerprint density at radius 1 is 1.13 bits per heavy atom. The molecule has 0 atom stereocenters. The summed E-state index contributed by atoms with van der Waals surface area (Å²) in [6.45, 7) is 5.14. The first-order chi connectivity index (χ1) is 10.7. The van der Waals surface area contributed by atoms with E-state index in [1.165, 1.54) is 24.3 Å². The van der Waals surface area contributed by atoms with Crippen molar-refractivity contribution in [3.8, 4) is 5.75 Å². The van der Waals surface area contributed by atoms with Crippen molar-refractivity contribution in [2.75, 3.05) is 13.2 Å². The minimum atomic E-state index is -0.615. The number of amides is 2. The van der Waals surface area contributed by atoms with Gasteiger partial charge in [0.15, 0.2) is 13.2 Å². The number of carbonyl (C=O) groups is 3. The van der Waals surface area contributed by atoms with Crippen molar-refractivity contribution < 1.29 is 23.9 Å². The van der Waals surface area contributed by atoms with E-state index in [1.54, 1.807) is 0 Å². The average molecular weight is 322 g/mol. The summed E-state index contributed by atoms with van der Waals surface area (Å²) in [5.74, 6) is -1.15. The highest BCUT2D eigenvalue weighted by Crippen LogP contribution is 2.13. The lowest BCUT2D eigenvalue weighted by atomic mass is 10.0. The lowest BCUT2D eigenvalue weighted by Crippen LogP contribution is -2.44. The molecule has 3 N–H and O–H groups in total. The van der Waals surface area contributed by atoms with Crippen LogP contribution in [0.2, 0.25) is 0 Å². The van der Waals surface area contributed by atoms with Crippen LogP contribution in [-0.4, -0.2) is 36.5 Å². The van der Waals surface area contributed by atoms with Crippen molar-refractivity contribution in [1.29, 1.82) is 0 Å². The van der Waals surface area contributed by atoms with E-state index in [9.17, 15) is 14.4 Å². The Hall–Kier alpha value is -2.57. The van der Waals surface area contributed by atoms with Crippen LogP contribution in [0.15, 0.2) is 24.3 Å². The third-order valence-electron chi connectivity index (χ3n) is 3.17. The summed E-state index contributed by atoms with van der Waals surface area (Å²) < 4.78 is 10.0. The van der Waals surface area contributed by atoms with Crippen LogP contribution in [0.5, 0.6) is 5.75 Å². The van der Waals surface area contributed by atoms with Gasteiger partial charge >= 0.3 is 5.97 Å². The summed E-state index contributed by atoms with van der Waals surface area (Å²) >= 11 is 0. The maximum atomic E-state index is 11.8. The van der Waals surface area contributed by atoms with E-state index in [2.05, 4.69) is 5.32 Å². The van der Waals surface area contributed by atoms with Crippen LogP contribution < -0.4 is 15.8 Å². The molecule has 0 bridgehead atoms. The number of rotatable bonds is 8. The maximum Gasteiger partial charge on any atom is 0.338 e. The molecule has 7 nitrogen and oxygen atoms in total. The van der Waals surface area contributed by atoms with Gasteiger partial charge in [-0.25, -0.2) is 4.79 Å². The molecule has 23 heavy (non-hydrogen) atoms. The monoisotopic (exact) mass is 322 g/mol. The molecule has 0 spiro atoms. The number of benzene rings is 1. The SMILES string of the molecule is CCC(C)(C)NC(=O)COC(=O)c1ccc(OCC(N)=O)cc1. The number of carbonyl (C=O) groups excluding carboxylic acids is 3. The first-order valence-electron chi connectivity index (χ1n) is 7.23. The Morgan fingerprint density at radius 3 is 2.26 bits per heavy atom. The van der Waals surface area contributed by atoms with Gasteiger partial charge in [0.25, 0.3) is 11.8 Å². The predicted octanol–water partition coefficient (Wildman–Crippen LogP) is 1.01. The van der Waals surface area contributed by atoms with Gasteiger partial charge in [-0.3, -0.25) is 9.59 Å². The van der Waals surface area contributed by atoms with E-state index in [1.807, 2.05) is 20.8 Å². The molecule has 0 radical (unpaired) electrons. The van der Waals surface area contributed by atoms with Crippen molar-refractivity contribution in [2.24, 2.45) is 5.73 Å². The van der Waals surface area contributed by atoms with Crippen LogP contribution in [0.25, 0.3) is 0 Å². The first-order valence-corrected chi connectivity index (χ1v) is 7.23. The standard InChI is InChI=1S/C16H22N2O5/c1-4-16(2,3)18-14(20)10-23-15(21)11-5-7-12(8-6-11)22-9-13(17)19/h5-8H,4,9-10H2,1-3H3,(H2,17,19)(H,18,20). The molecule has 1 rings (SSSR count). The van der Waals surface area contributed by atoms with E-state index < -0.39 is 11.9 Å². The van der Waals surface area contributed by atoms with Gasteiger partial charge in [-0.15, -0.1) is 0 Å². The Bertz CT molecular complexity index is 566. The summed E-state index contributed by atoms with van der Waals surface area (Å²) in [6, 6.07) is 5.98. The molecule has 0 saturated heterocycles. The van der Waals surface area contributed by atoms with E-state index in [0.29, 0.717) is 5.75 Å². The molecule has 2 amide bonds. The molecule has 1 aromatic carbocycles. The smallest absolute Gasteiger partial charge is 0.338 e. The molecule has 0 fully saturated rings. The van der Waals surface area contributed by atoms with Crippen LogP contribution in [0, 0.1) is 0 Å². The fourth-order valence-corrected chi connectivity index (χ4v) is 1.56. The van der Waals surface area contributed by atoms with Gasteiger partial charge < -0.3 is 20.5 Å². The van der Waals surface area contributed by atoms with Gasteiger partial charge in [-0.05, 0) is 44.5 Å². The average Bonchev–Trinajstić information content (AvgIpc) is 2.50. The number of ether oxygens (including phenoxy) is 2. The van der Waals surface area contributed by atoms with Gasteiger partial charge in [-0.2, -0.15) is 0 Å². The van der Waals surface area contributed by atoms with Gasteiger partial charge in [0.05, 0.1) is 5.56 Å². The highest BCUT2D eigenvalue weighted by molar-refractivity contribution is 5.91. The highest BCUT2D eigenvalue weighted by atomic mass is 16.5. The largest absolute Gasteiger partial charge is 0.484 e. The van der Waals surface area contributed by atoms with Crippen LogP contribution in [0.4, 0.5) is 0 Å². The lowest BCUT2D eigenvalue weighted by Gasteiger charge is -2.24. The number of nitrogens with one attached hydrogen (secondary N) is 1. The fraction of sp³-hybridized carbons (Fsp3) is 0.438. The molecule has 0 aliphatic carbocycles.